The highest BCUT2D eigenvalue weighted by molar-refractivity contribution is 8.00. The molecule has 0 bridgehead atoms. The van der Waals surface area contributed by atoms with Crippen LogP contribution < -0.4 is 11.1 Å². The smallest absolute Gasteiger partial charge is 0.232 e. The molecule has 3 amide bonds. The number of nitrogens with two attached hydrogens (primary N) is 1. The molecule has 1 unspecified atom stereocenters. The van der Waals surface area contributed by atoms with Crippen LogP contribution in [0, 0.1) is 5.92 Å². The van der Waals surface area contributed by atoms with Crippen molar-refractivity contribution in [3.63, 3.8) is 0 Å². The van der Waals surface area contributed by atoms with Gasteiger partial charge in [0.15, 0.2) is 0 Å². The van der Waals surface area contributed by atoms with E-state index in [0.717, 1.165) is 38.8 Å². The molecule has 0 saturated carbocycles. The van der Waals surface area contributed by atoms with Crippen LogP contribution in [0.4, 0.5) is 0 Å². The standard InChI is InChI=1S/C17H30N4O3S/c18-6-7-19-17(24)14-5-4-10-21(11-14)16(23)13-25-12-15(22)20-8-2-1-3-9-20/h14H,1-13,18H2,(H,19,24). The molecule has 2 saturated heterocycles. The average Bonchev–Trinajstić information content (AvgIpc) is 2.66. The summed E-state index contributed by atoms with van der Waals surface area (Å²) in [5.41, 5.74) is 5.40. The van der Waals surface area contributed by atoms with Crippen molar-refractivity contribution < 1.29 is 14.4 Å². The van der Waals surface area contributed by atoms with Crippen molar-refractivity contribution in [2.24, 2.45) is 11.7 Å². The van der Waals surface area contributed by atoms with E-state index in [2.05, 4.69) is 5.32 Å². The summed E-state index contributed by atoms with van der Waals surface area (Å²) in [6.45, 7) is 3.74. The maximum absolute atomic E-state index is 12.4. The minimum absolute atomic E-state index is 0.0177. The van der Waals surface area contributed by atoms with Crippen LogP contribution in [0.15, 0.2) is 0 Å². The van der Waals surface area contributed by atoms with E-state index in [1.54, 1.807) is 4.90 Å². The van der Waals surface area contributed by atoms with E-state index >= 15 is 0 Å². The largest absolute Gasteiger partial charge is 0.355 e. The van der Waals surface area contributed by atoms with Crippen molar-refractivity contribution in [2.75, 3.05) is 50.8 Å². The molecule has 2 rings (SSSR count). The van der Waals surface area contributed by atoms with Crippen molar-refractivity contribution in [2.45, 2.75) is 32.1 Å². The minimum Gasteiger partial charge on any atom is -0.355 e. The summed E-state index contributed by atoms with van der Waals surface area (Å²) in [5, 5.41) is 2.80. The fourth-order valence-corrected chi connectivity index (χ4v) is 4.13. The first kappa shape index (κ1) is 20.0. The molecule has 7 nitrogen and oxygen atoms in total. The summed E-state index contributed by atoms with van der Waals surface area (Å²) in [7, 11) is 0. The molecule has 0 aromatic rings. The number of likely N-dealkylation sites (tertiary alicyclic amines) is 2. The number of hydrogen-bond acceptors (Lipinski definition) is 5. The number of piperidine rings is 2. The highest BCUT2D eigenvalue weighted by atomic mass is 32.2. The Morgan fingerprint density at radius 3 is 2.28 bits per heavy atom. The lowest BCUT2D eigenvalue weighted by atomic mass is 9.97. The van der Waals surface area contributed by atoms with Gasteiger partial charge in [0.2, 0.25) is 17.7 Å². The molecule has 2 aliphatic heterocycles. The lowest BCUT2D eigenvalue weighted by Crippen LogP contribution is -2.46. The van der Waals surface area contributed by atoms with Gasteiger partial charge >= 0.3 is 0 Å². The van der Waals surface area contributed by atoms with Gasteiger partial charge < -0.3 is 20.9 Å². The fraction of sp³-hybridized carbons (Fsp3) is 0.824. The number of nitrogens with one attached hydrogen (secondary N) is 1. The molecule has 2 heterocycles. The SMILES string of the molecule is NCCNC(=O)C1CCCN(C(=O)CSCC(=O)N2CCCCC2)C1. The van der Waals surface area contributed by atoms with Crippen molar-refractivity contribution in [1.29, 1.82) is 0 Å². The first-order valence-corrected chi connectivity index (χ1v) is 10.4. The van der Waals surface area contributed by atoms with Gasteiger partial charge in [0, 0.05) is 39.3 Å². The quantitative estimate of drug-likeness (QED) is 0.660. The summed E-state index contributed by atoms with van der Waals surface area (Å²) in [4.78, 5) is 40.2. The molecule has 0 spiro atoms. The molecule has 0 aromatic heterocycles. The van der Waals surface area contributed by atoms with Crippen LogP contribution in [-0.2, 0) is 14.4 Å². The van der Waals surface area contributed by atoms with Crippen molar-refractivity contribution in [3.05, 3.63) is 0 Å². The Hall–Kier alpha value is -1.28. The number of carbonyl (C=O) groups is 3. The van der Waals surface area contributed by atoms with Crippen molar-refractivity contribution in [1.82, 2.24) is 15.1 Å². The molecule has 0 aliphatic carbocycles. The van der Waals surface area contributed by atoms with E-state index in [1.807, 2.05) is 4.90 Å². The number of amides is 3. The third kappa shape index (κ3) is 6.51. The zero-order valence-electron chi connectivity index (χ0n) is 14.9. The monoisotopic (exact) mass is 370 g/mol. The van der Waals surface area contributed by atoms with Gasteiger partial charge in [-0.2, -0.15) is 0 Å². The third-order valence-electron chi connectivity index (χ3n) is 4.75. The van der Waals surface area contributed by atoms with Crippen molar-refractivity contribution >= 4 is 29.5 Å². The van der Waals surface area contributed by atoms with Gasteiger partial charge in [-0.1, -0.05) is 0 Å². The second kappa shape index (κ2) is 10.7. The van der Waals surface area contributed by atoms with Crippen LogP contribution in [0.5, 0.6) is 0 Å². The van der Waals surface area contributed by atoms with Gasteiger partial charge in [0.1, 0.15) is 0 Å². The number of nitrogens with zero attached hydrogens (tertiary/aromatic N) is 2. The minimum atomic E-state index is -0.149. The van der Waals surface area contributed by atoms with Crippen LogP contribution >= 0.6 is 11.8 Å². The van der Waals surface area contributed by atoms with Gasteiger partial charge in [0.05, 0.1) is 17.4 Å². The average molecular weight is 371 g/mol. The van der Waals surface area contributed by atoms with E-state index in [-0.39, 0.29) is 23.6 Å². The van der Waals surface area contributed by atoms with E-state index < -0.39 is 0 Å². The number of hydrogen-bond donors (Lipinski definition) is 2. The molecule has 3 N–H and O–H groups in total. The van der Waals surface area contributed by atoms with Gasteiger partial charge in [-0.25, -0.2) is 0 Å². The topological polar surface area (TPSA) is 95.7 Å². The van der Waals surface area contributed by atoms with Crippen LogP contribution in [0.25, 0.3) is 0 Å². The van der Waals surface area contributed by atoms with Gasteiger partial charge in [0.25, 0.3) is 0 Å². The Balaban J connectivity index is 1.69. The summed E-state index contributed by atoms with van der Waals surface area (Å²) in [6, 6.07) is 0. The van der Waals surface area contributed by atoms with Crippen LogP contribution in [0.1, 0.15) is 32.1 Å². The van der Waals surface area contributed by atoms with E-state index in [1.165, 1.54) is 18.2 Å². The zero-order valence-corrected chi connectivity index (χ0v) is 15.7. The highest BCUT2D eigenvalue weighted by Crippen LogP contribution is 2.18. The Bertz CT molecular complexity index is 469. The summed E-state index contributed by atoms with van der Waals surface area (Å²) in [5.74, 6) is 0.652. The molecule has 2 fully saturated rings. The highest BCUT2D eigenvalue weighted by Gasteiger charge is 2.28. The van der Waals surface area contributed by atoms with Crippen LogP contribution in [0.3, 0.4) is 0 Å². The fourth-order valence-electron chi connectivity index (χ4n) is 3.31. The molecule has 1 atom stereocenters. The molecular formula is C17H30N4O3S. The van der Waals surface area contributed by atoms with Gasteiger partial charge in [-0.3, -0.25) is 14.4 Å². The number of carbonyl (C=O) groups excluding carboxylic acids is 3. The van der Waals surface area contributed by atoms with Gasteiger partial charge in [-0.05, 0) is 32.1 Å². The Morgan fingerprint density at radius 1 is 0.960 bits per heavy atom. The second-order valence-corrected chi connectivity index (χ2v) is 7.68. The van der Waals surface area contributed by atoms with E-state index in [9.17, 15) is 14.4 Å². The Labute approximate surface area is 154 Å². The molecule has 142 valence electrons. The van der Waals surface area contributed by atoms with Crippen molar-refractivity contribution in [3.8, 4) is 0 Å². The van der Waals surface area contributed by atoms with Gasteiger partial charge in [-0.15, -0.1) is 11.8 Å². The second-order valence-electron chi connectivity index (χ2n) is 6.69. The van der Waals surface area contributed by atoms with Crippen LogP contribution in [-0.4, -0.2) is 78.3 Å². The molecule has 25 heavy (non-hydrogen) atoms. The van der Waals surface area contributed by atoms with E-state index in [4.69, 9.17) is 5.73 Å². The maximum Gasteiger partial charge on any atom is 0.232 e. The Morgan fingerprint density at radius 2 is 1.60 bits per heavy atom. The first-order chi connectivity index (χ1) is 12.1. The maximum atomic E-state index is 12.4. The molecule has 0 radical (unpaired) electrons. The predicted octanol–water partition coefficient (Wildman–Crippen LogP) is 0.0456. The normalized spacial score (nSPS) is 21.1. The summed E-state index contributed by atoms with van der Waals surface area (Å²) >= 11 is 1.38. The molecular weight excluding hydrogens is 340 g/mol. The third-order valence-corrected chi connectivity index (χ3v) is 5.65. The lowest BCUT2D eigenvalue weighted by molar-refractivity contribution is -0.133. The Kier molecular flexibility index (Phi) is 8.54. The number of rotatable bonds is 7. The lowest BCUT2D eigenvalue weighted by Gasteiger charge is -2.32. The van der Waals surface area contributed by atoms with E-state index in [0.29, 0.717) is 37.7 Å². The molecule has 0 aromatic carbocycles. The molecule has 8 heteroatoms. The first-order valence-electron chi connectivity index (χ1n) is 9.23. The molecule has 2 aliphatic rings. The number of thioether (sulfide) groups is 1. The zero-order chi connectivity index (χ0) is 18.1. The summed E-state index contributed by atoms with van der Waals surface area (Å²) < 4.78 is 0. The summed E-state index contributed by atoms with van der Waals surface area (Å²) in [6.07, 6.45) is 5.00. The predicted molar refractivity (Wildman–Crippen MR) is 99.1 cm³/mol. The van der Waals surface area contributed by atoms with Crippen LogP contribution in [0.2, 0.25) is 0 Å².